The fourth-order valence-electron chi connectivity index (χ4n) is 1.38. The summed E-state index contributed by atoms with van der Waals surface area (Å²) in [6.07, 6.45) is -4.75. The lowest BCUT2D eigenvalue weighted by atomic mass is 10.2. The van der Waals surface area contributed by atoms with E-state index in [1.807, 2.05) is 5.32 Å². The Morgan fingerprint density at radius 3 is 2.72 bits per heavy atom. The van der Waals surface area contributed by atoms with Crippen molar-refractivity contribution >= 4 is 0 Å². The first-order valence-electron chi connectivity index (χ1n) is 5.69. The van der Waals surface area contributed by atoms with Gasteiger partial charge in [-0.1, -0.05) is 6.07 Å². The van der Waals surface area contributed by atoms with E-state index in [2.05, 4.69) is 0 Å². The number of aliphatic hydroxyl groups is 1. The topological polar surface area (TPSA) is 46.1 Å². The van der Waals surface area contributed by atoms with Crippen LogP contribution in [0, 0.1) is 0 Å². The van der Waals surface area contributed by atoms with Crippen molar-refractivity contribution in [3.05, 3.63) is 29.8 Å². The smallest absolute Gasteiger partial charge is 0.416 e. The predicted molar refractivity (Wildman–Crippen MR) is 60.3 cm³/mol. The van der Waals surface area contributed by atoms with E-state index in [0.29, 0.717) is 19.7 Å². The summed E-state index contributed by atoms with van der Waals surface area (Å²) in [6.45, 7) is 3.10. The molecule has 1 aromatic rings. The second kappa shape index (κ2) is 6.61. The third-order valence-corrected chi connectivity index (χ3v) is 2.26. The SMILES string of the molecule is C[C@@H](O)C[NH2+]CCOc1cccc(C(F)(F)F)c1. The first-order valence-corrected chi connectivity index (χ1v) is 5.69. The zero-order valence-electron chi connectivity index (χ0n) is 10.1. The van der Waals surface area contributed by atoms with Crippen LogP contribution in [0.2, 0.25) is 0 Å². The minimum atomic E-state index is -4.35. The molecule has 0 aliphatic carbocycles. The number of quaternary nitrogens is 1. The minimum absolute atomic E-state index is 0.204. The van der Waals surface area contributed by atoms with E-state index in [9.17, 15) is 13.2 Å². The molecule has 0 aliphatic rings. The molecule has 3 nitrogen and oxygen atoms in total. The molecule has 1 atom stereocenters. The summed E-state index contributed by atoms with van der Waals surface area (Å²) in [5.41, 5.74) is -0.715. The molecule has 0 aliphatic heterocycles. The summed E-state index contributed by atoms with van der Waals surface area (Å²) in [5, 5.41) is 10.8. The van der Waals surface area contributed by atoms with Crippen molar-refractivity contribution in [1.29, 1.82) is 0 Å². The highest BCUT2D eigenvalue weighted by atomic mass is 19.4. The zero-order chi connectivity index (χ0) is 13.6. The summed E-state index contributed by atoms with van der Waals surface area (Å²) in [6, 6.07) is 4.79. The van der Waals surface area contributed by atoms with Gasteiger partial charge >= 0.3 is 6.18 Å². The third kappa shape index (κ3) is 5.37. The van der Waals surface area contributed by atoms with Gasteiger partial charge in [0.1, 0.15) is 25.4 Å². The van der Waals surface area contributed by atoms with Gasteiger partial charge in [0.15, 0.2) is 0 Å². The normalized spacial score (nSPS) is 13.4. The molecule has 0 spiro atoms. The summed E-state index contributed by atoms with van der Waals surface area (Å²) in [4.78, 5) is 0. The number of rotatable bonds is 6. The van der Waals surface area contributed by atoms with Crippen molar-refractivity contribution < 1.29 is 28.3 Å². The van der Waals surface area contributed by atoms with Crippen LogP contribution in [0.15, 0.2) is 24.3 Å². The van der Waals surface area contributed by atoms with Gasteiger partial charge in [-0.3, -0.25) is 0 Å². The number of alkyl halides is 3. The van der Waals surface area contributed by atoms with E-state index in [0.717, 1.165) is 12.1 Å². The van der Waals surface area contributed by atoms with Gasteiger partial charge < -0.3 is 15.2 Å². The second-order valence-electron chi connectivity index (χ2n) is 4.04. The lowest BCUT2D eigenvalue weighted by molar-refractivity contribution is -0.661. The number of hydrogen-bond acceptors (Lipinski definition) is 2. The lowest BCUT2D eigenvalue weighted by Crippen LogP contribution is -2.87. The highest BCUT2D eigenvalue weighted by Gasteiger charge is 2.30. The molecule has 0 saturated heterocycles. The Morgan fingerprint density at radius 2 is 2.11 bits per heavy atom. The standard InChI is InChI=1S/C12H16F3NO2/c1-9(17)8-16-5-6-18-11-4-2-3-10(7-11)12(13,14)15/h2-4,7,9,16-17H,5-6,8H2,1H3/p+1/t9-/m1/s1. The molecule has 6 heteroatoms. The maximum Gasteiger partial charge on any atom is 0.416 e. The third-order valence-electron chi connectivity index (χ3n) is 2.26. The van der Waals surface area contributed by atoms with Crippen molar-refractivity contribution in [2.75, 3.05) is 19.7 Å². The Hall–Kier alpha value is -1.27. The van der Waals surface area contributed by atoms with Crippen molar-refractivity contribution in [2.24, 2.45) is 0 Å². The number of benzene rings is 1. The van der Waals surface area contributed by atoms with Crippen LogP contribution in [0.5, 0.6) is 5.75 Å². The van der Waals surface area contributed by atoms with Crippen molar-refractivity contribution in [3.63, 3.8) is 0 Å². The molecule has 0 saturated carbocycles. The van der Waals surface area contributed by atoms with Gasteiger partial charge in [-0.25, -0.2) is 0 Å². The van der Waals surface area contributed by atoms with Crippen molar-refractivity contribution in [3.8, 4) is 5.75 Å². The molecule has 0 aromatic heterocycles. The molecule has 3 N–H and O–H groups in total. The van der Waals surface area contributed by atoms with E-state index in [1.165, 1.54) is 12.1 Å². The van der Waals surface area contributed by atoms with E-state index in [4.69, 9.17) is 9.84 Å². The Kier molecular flexibility index (Phi) is 5.43. The van der Waals surface area contributed by atoms with E-state index >= 15 is 0 Å². The monoisotopic (exact) mass is 264 g/mol. The number of hydrogen-bond donors (Lipinski definition) is 2. The van der Waals surface area contributed by atoms with Gasteiger partial charge in [0, 0.05) is 0 Å². The van der Waals surface area contributed by atoms with E-state index < -0.39 is 17.8 Å². The molecule has 102 valence electrons. The largest absolute Gasteiger partial charge is 0.488 e. The van der Waals surface area contributed by atoms with Crippen LogP contribution < -0.4 is 10.1 Å². The molecule has 0 unspecified atom stereocenters. The second-order valence-corrected chi connectivity index (χ2v) is 4.04. The number of nitrogens with two attached hydrogens (primary N) is 1. The van der Waals surface area contributed by atoms with Crippen molar-refractivity contribution in [2.45, 2.75) is 19.2 Å². The van der Waals surface area contributed by atoms with Crippen LogP contribution in [0.3, 0.4) is 0 Å². The summed E-state index contributed by atoms with van der Waals surface area (Å²) < 4.78 is 42.4. The van der Waals surface area contributed by atoms with E-state index in [1.54, 1.807) is 6.92 Å². The van der Waals surface area contributed by atoms with E-state index in [-0.39, 0.29) is 5.75 Å². The first-order chi connectivity index (χ1) is 8.39. The molecule has 0 bridgehead atoms. The summed E-state index contributed by atoms with van der Waals surface area (Å²) in [5.74, 6) is 0.204. The predicted octanol–water partition coefficient (Wildman–Crippen LogP) is 1.03. The van der Waals surface area contributed by atoms with Gasteiger partial charge in [-0.2, -0.15) is 13.2 Å². The average Bonchev–Trinajstić information content (AvgIpc) is 2.27. The summed E-state index contributed by atoms with van der Waals surface area (Å²) >= 11 is 0. The van der Waals surface area contributed by atoms with Gasteiger partial charge in [-0.05, 0) is 25.1 Å². The highest BCUT2D eigenvalue weighted by Crippen LogP contribution is 2.31. The van der Waals surface area contributed by atoms with Crippen LogP contribution in [0.1, 0.15) is 12.5 Å². The molecular weight excluding hydrogens is 247 g/mol. The van der Waals surface area contributed by atoms with Gasteiger partial charge in [0.25, 0.3) is 0 Å². The highest BCUT2D eigenvalue weighted by molar-refractivity contribution is 5.30. The van der Waals surface area contributed by atoms with Crippen LogP contribution in [0.4, 0.5) is 13.2 Å². The number of halogens is 3. The number of aliphatic hydroxyl groups excluding tert-OH is 1. The van der Waals surface area contributed by atoms with Gasteiger partial charge in [0.05, 0.1) is 11.7 Å². The van der Waals surface area contributed by atoms with Crippen LogP contribution in [0.25, 0.3) is 0 Å². The molecule has 1 rings (SSSR count). The molecule has 0 radical (unpaired) electrons. The van der Waals surface area contributed by atoms with Crippen LogP contribution >= 0.6 is 0 Å². The quantitative estimate of drug-likeness (QED) is 0.754. The van der Waals surface area contributed by atoms with Crippen LogP contribution in [-0.4, -0.2) is 30.9 Å². The fourth-order valence-corrected chi connectivity index (χ4v) is 1.38. The number of ether oxygens (including phenoxy) is 1. The Morgan fingerprint density at radius 1 is 1.39 bits per heavy atom. The molecule has 0 fully saturated rings. The van der Waals surface area contributed by atoms with Gasteiger partial charge in [0.2, 0.25) is 0 Å². The lowest BCUT2D eigenvalue weighted by Gasteiger charge is -2.10. The van der Waals surface area contributed by atoms with Crippen molar-refractivity contribution in [1.82, 2.24) is 0 Å². The molecule has 1 aromatic carbocycles. The molecule has 18 heavy (non-hydrogen) atoms. The van der Waals surface area contributed by atoms with Gasteiger partial charge in [-0.15, -0.1) is 0 Å². The first kappa shape index (κ1) is 14.8. The molecule has 0 heterocycles. The zero-order valence-corrected chi connectivity index (χ0v) is 10.1. The molecule has 0 amide bonds. The Balaban J connectivity index is 2.39. The Labute approximate surface area is 104 Å². The van der Waals surface area contributed by atoms with Crippen LogP contribution in [-0.2, 0) is 6.18 Å². The maximum atomic E-state index is 12.4. The minimum Gasteiger partial charge on any atom is -0.488 e. The Bertz CT molecular complexity index is 367. The average molecular weight is 264 g/mol. The summed E-state index contributed by atoms with van der Waals surface area (Å²) in [7, 11) is 0. The fraction of sp³-hybridized carbons (Fsp3) is 0.500. The maximum absolute atomic E-state index is 12.4. The molecular formula is C12H17F3NO2+.